The number of hydrogen-bond donors (Lipinski definition) is 0. The number of allylic oxidation sites excluding steroid dienone is 3. The summed E-state index contributed by atoms with van der Waals surface area (Å²) < 4.78 is 0. The van der Waals surface area contributed by atoms with Crippen molar-refractivity contribution in [3.63, 3.8) is 0 Å². The summed E-state index contributed by atoms with van der Waals surface area (Å²) in [5.41, 5.74) is 0. The summed E-state index contributed by atoms with van der Waals surface area (Å²) in [7, 11) is 0. The molecule has 0 amide bonds. The van der Waals surface area contributed by atoms with Crippen LogP contribution in [0.25, 0.3) is 0 Å². The summed E-state index contributed by atoms with van der Waals surface area (Å²) >= 11 is 0. The maximum absolute atomic E-state index is 3.88. The highest BCUT2D eigenvalue weighted by Crippen LogP contribution is 2.43. The lowest BCUT2D eigenvalue weighted by atomic mass is 9.68. The second-order valence-electron chi connectivity index (χ2n) is 11.7. The third-order valence-electron chi connectivity index (χ3n) is 9.49. The molecule has 0 aromatic carbocycles. The van der Waals surface area contributed by atoms with Gasteiger partial charge in [0.2, 0.25) is 0 Å². The fourth-order valence-corrected chi connectivity index (χ4v) is 7.22. The van der Waals surface area contributed by atoms with Gasteiger partial charge < -0.3 is 0 Å². The fourth-order valence-electron chi connectivity index (χ4n) is 7.22. The van der Waals surface area contributed by atoms with Gasteiger partial charge in [0.25, 0.3) is 0 Å². The normalized spacial score (nSPS) is 34.7. The van der Waals surface area contributed by atoms with E-state index in [1.54, 1.807) is 38.5 Å². The molecule has 0 saturated heterocycles. The van der Waals surface area contributed by atoms with Gasteiger partial charge in [0.15, 0.2) is 0 Å². The van der Waals surface area contributed by atoms with E-state index in [2.05, 4.69) is 31.7 Å². The fraction of sp³-hybridized carbons (Fsp3) is 0.871. The highest BCUT2D eigenvalue weighted by molar-refractivity contribution is 4.92. The topological polar surface area (TPSA) is 0 Å². The molecular weight excluding hydrogens is 372 g/mol. The first-order valence-electron chi connectivity index (χ1n) is 14.6. The van der Waals surface area contributed by atoms with E-state index in [0.717, 1.165) is 35.5 Å². The van der Waals surface area contributed by atoms with Crippen molar-refractivity contribution in [1.82, 2.24) is 0 Å². The molecule has 0 nitrogen and oxygen atoms in total. The van der Waals surface area contributed by atoms with Gasteiger partial charge in [-0.05, 0) is 113 Å². The summed E-state index contributed by atoms with van der Waals surface area (Å²) in [5, 5.41) is 0. The quantitative estimate of drug-likeness (QED) is 0.215. The summed E-state index contributed by atoms with van der Waals surface area (Å²) in [6.45, 7) is 6.21. The van der Waals surface area contributed by atoms with Crippen LogP contribution in [0.1, 0.15) is 135 Å². The molecule has 3 aliphatic carbocycles. The minimum Gasteiger partial charge on any atom is -0.103 e. The van der Waals surface area contributed by atoms with Crippen LogP contribution >= 0.6 is 0 Å². The Morgan fingerprint density at radius 2 is 1.13 bits per heavy atom. The first kappa shape index (κ1) is 25.1. The van der Waals surface area contributed by atoms with E-state index in [4.69, 9.17) is 0 Å². The molecule has 3 aliphatic rings. The van der Waals surface area contributed by atoms with Gasteiger partial charge in [-0.1, -0.05) is 76.5 Å². The van der Waals surface area contributed by atoms with Crippen molar-refractivity contribution < 1.29 is 0 Å². The Bertz CT molecular complexity index is 478. The lowest BCUT2D eigenvalue weighted by Gasteiger charge is -2.38. The van der Waals surface area contributed by atoms with E-state index in [0.29, 0.717) is 0 Å². The van der Waals surface area contributed by atoms with E-state index >= 15 is 0 Å². The molecule has 3 fully saturated rings. The highest BCUT2D eigenvalue weighted by atomic mass is 14.4. The SMILES string of the molecule is C=CCCC1CCC(C=CCCC2CCC(C3CCC(CCCCC)CC3)CC2)CC1. The maximum Gasteiger partial charge on any atom is -0.0233 e. The van der Waals surface area contributed by atoms with Crippen LogP contribution in [0.15, 0.2) is 24.8 Å². The molecule has 0 spiro atoms. The van der Waals surface area contributed by atoms with Crippen LogP contribution in [-0.4, -0.2) is 0 Å². The smallest absolute Gasteiger partial charge is 0.0233 e. The molecule has 178 valence electrons. The second-order valence-corrected chi connectivity index (χ2v) is 11.7. The molecule has 0 radical (unpaired) electrons. The van der Waals surface area contributed by atoms with Crippen molar-refractivity contribution in [3.8, 4) is 0 Å². The van der Waals surface area contributed by atoms with Gasteiger partial charge in [-0.15, -0.1) is 6.58 Å². The van der Waals surface area contributed by atoms with Crippen LogP contribution in [0.5, 0.6) is 0 Å². The van der Waals surface area contributed by atoms with Crippen LogP contribution in [0.3, 0.4) is 0 Å². The Balaban J connectivity index is 1.23. The van der Waals surface area contributed by atoms with Crippen molar-refractivity contribution in [2.24, 2.45) is 35.5 Å². The van der Waals surface area contributed by atoms with Crippen molar-refractivity contribution in [3.05, 3.63) is 24.8 Å². The molecule has 0 unspecified atom stereocenters. The zero-order chi connectivity index (χ0) is 21.7. The van der Waals surface area contributed by atoms with Crippen molar-refractivity contribution >= 4 is 0 Å². The van der Waals surface area contributed by atoms with E-state index in [-0.39, 0.29) is 0 Å². The molecule has 0 N–H and O–H groups in total. The van der Waals surface area contributed by atoms with Crippen LogP contribution in [0, 0.1) is 35.5 Å². The van der Waals surface area contributed by atoms with Gasteiger partial charge in [-0.3, -0.25) is 0 Å². The molecule has 0 aromatic rings. The Kier molecular flexibility index (Phi) is 11.8. The first-order chi connectivity index (χ1) is 15.3. The van der Waals surface area contributed by atoms with E-state index in [1.165, 1.54) is 89.9 Å². The minimum atomic E-state index is 0.882. The number of unbranched alkanes of at least 4 members (excludes halogenated alkanes) is 2. The molecule has 3 saturated carbocycles. The largest absolute Gasteiger partial charge is 0.103 e. The number of hydrogen-bond acceptors (Lipinski definition) is 0. The predicted octanol–water partition coefficient (Wildman–Crippen LogP) is 10.3. The van der Waals surface area contributed by atoms with Gasteiger partial charge >= 0.3 is 0 Å². The summed E-state index contributed by atoms with van der Waals surface area (Å²) in [4.78, 5) is 0. The van der Waals surface area contributed by atoms with E-state index < -0.39 is 0 Å². The second kappa shape index (κ2) is 14.6. The van der Waals surface area contributed by atoms with Gasteiger partial charge in [0, 0.05) is 0 Å². The monoisotopic (exact) mass is 426 g/mol. The molecule has 0 atom stereocenters. The third-order valence-corrected chi connectivity index (χ3v) is 9.49. The number of rotatable bonds is 12. The first-order valence-corrected chi connectivity index (χ1v) is 14.6. The van der Waals surface area contributed by atoms with E-state index in [1.807, 2.05) is 0 Å². The van der Waals surface area contributed by atoms with Crippen molar-refractivity contribution in [1.29, 1.82) is 0 Å². The lowest BCUT2D eigenvalue weighted by Crippen LogP contribution is -2.25. The Morgan fingerprint density at radius 1 is 0.613 bits per heavy atom. The van der Waals surface area contributed by atoms with Gasteiger partial charge in [-0.2, -0.15) is 0 Å². The molecule has 0 aliphatic heterocycles. The van der Waals surface area contributed by atoms with Crippen molar-refractivity contribution in [2.75, 3.05) is 0 Å². The zero-order valence-corrected chi connectivity index (χ0v) is 21.0. The molecule has 0 heteroatoms. The molecule has 0 heterocycles. The van der Waals surface area contributed by atoms with Gasteiger partial charge in [0.1, 0.15) is 0 Å². The van der Waals surface area contributed by atoms with Gasteiger partial charge in [-0.25, -0.2) is 0 Å². The molecular formula is C31H54. The lowest BCUT2D eigenvalue weighted by molar-refractivity contribution is 0.140. The Labute approximate surface area is 195 Å². The predicted molar refractivity (Wildman–Crippen MR) is 138 cm³/mol. The summed E-state index contributed by atoms with van der Waals surface area (Å²) in [6.07, 6.45) is 36.6. The molecule has 31 heavy (non-hydrogen) atoms. The van der Waals surface area contributed by atoms with Crippen LogP contribution in [0.2, 0.25) is 0 Å². The minimum absolute atomic E-state index is 0.882. The highest BCUT2D eigenvalue weighted by Gasteiger charge is 2.30. The molecule has 0 bridgehead atoms. The van der Waals surface area contributed by atoms with Crippen LogP contribution in [0.4, 0.5) is 0 Å². The van der Waals surface area contributed by atoms with E-state index in [9.17, 15) is 0 Å². The zero-order valence-electron chi connectivity index (χ0n) is 21.0. The Hall–Kier alpha value is -0.520. The third kappa shape index (κ3) is 9.09. The average molecular weight is 427 g/mol. The maximum atomic E-state index is 3.88. The summed E-state index contributed by atoms with van der Waals surface area (Å²) in [6, 6.07) is 0. The van der Waals surface area contributed by atoms with Crippen LogP contribution < -0.4 is 0 Å². The average Bonchev–Trinajstić information content (AvgIpc) is 2.82. The summed E-state index contributed by atoms with van der Waals surface area (Å²) in [5.74, 6) is 6.14. The standard InChI is InChI=1S/C31H54/c1-3-5-7-11-28-18-22-30(23-19-28)31-24-20-29(21-25-31)13-9-8-12-27-16-14-26(15-17-27)10-6-4-2/h4,8,12,26-31H,2-3,5-7,9-11,13-25H2,1H3. The molecule has 3 rings (SSSR count). The van der Waals surface area contributed by atoms with Crippen molar-refractivity contribution in [2.45, 2.75) is 135 Å². The Morgan fingerprint density at radius 3 is 1.68 bits per heavy atom. The van der Waals surface area contributed by atoms with Gasteiger partial charge in [0.05, 0.1) is 0 Å². The molecule has 0 aromatic heterocycles. The van der Waals surface area contributed by atoms with Crippen LogP contribution in [-0.2, 0) is 0 Å².